The molecule has 1 atom stereocenters. The Labute approximate surface area is 169 Å². The molecule has 0 unspecified atom stereocenters. The number of hydrogen-bond acceptors (Lipinski definition) is 6. The summed E-state index contributed by atoms with van der Waals surface area (Å²) < 4.78 is 5.43. The third-order valence-corrected chi connectivity index (χ3v) is 6.28. The minimum atomic E-state index is -0.411. The molecule has 8 heteroatoms. The van der Waals surface area contributed by atoms with Crippen LogP contribution in [0.1, 0.15) is 45.5 Å². The summed E-state index contributed by atoms with van der Waals surface area (Å²) in [6.07, 6.45) is 1.12. The molecule has 1 aliphatic rings. The molecule has 0 bridgehead atoms. The molecule has 2 aromatic rings. The number of benzene rings is 1. The predicted octanol–water partition coefficient (Wildman–Crippen LogP) is 3.62. The number of rotatable bonds is 7. The van der Waals surface area contributed by atoms with Gasteiger partial charge in [-0.05, 0) is 37.6 Å². The predicted molar refractivity (Wildman–Crippen MR) is 110 cm³/mol. The maximum atomic E-state index is 12.6. The van der Waals surface area contributed by atoms with E-state index in [0.717, 1.165) is 22.9 Å². The summed E-state index contributed by atoms with van der Waals surface area (Å²) in [6, 6.07) is 7.34. The Morgan fingerprint density at radius 3 is 2.64 bits per heavy atom. The zero-order chi connectivity index (χ0) is 20.3. The topological polar surface area (TPSA) is 84.4 Å². The number of hydrogen-bond donors (Lipinski definition) is 1. The van der Waals surface area contributed by atoms with E-state index in [0.29, 0.717) is 18.3 Å². The zero-order valence-corrected chi connectivity index (χ0v) is 17.5. The van der Waals surface area contributed by atoms with Crippen LogP contribution in [0.5, 0.6) is 5.75 Å². The molecule has 0 saturated carbocycles. The minimum absolute atomic E-state index is 0.0608. The van der Waals surface area contributed by atoms with Crippen LogP contribution in [0.3, 0.4) is 0 Å². The molecule has 0 aliphatic carbocycles. The van der Waals surface area contributed by atoms with Crippen molar-refractivity contribution in [2.75, 3.05) is 23.4 Å². The lowest BCUT2D eigenvalue weighted by Crippen LogP contribution is -2.28. The van der Waals surface area contributed by atoms with E-state index in [1.807, 2.05) is 31.2 Å². The number of amides is 2. The Bertz CT molecular complexity index is 847. The van der Waals surface area contributed by atoms with E-state index >= 15 is 0 Å². The zero-order valence-electron chi connectivity index (χ0n) is 16.7. The molecule has 0 spiro atoms. The number of anilines is 2. The fraction of sp³-hybridized carbons (Fsp3) is 0.500. The lowest BCUT2D eigenvalue weighted by atomic mass is 9.91. The van der Waals surface area contributed by atoms with Crippen molar-refractivity contribution < 1.29 is 14.3 Å². The molecule has 7 nitrogen and oxygen atoms in total. The highest BCUT2D eigenvalue weighted by molar-refractivity contribution is 7.15. The van der Waals surface area contributed by atoms with Crippen LogP contribution in [-0.2, 0) is 15.0 Å². The number of nitrogens with zero attached hydrogens (tertiary/aromatic N) is 3. The lowest BCUT2D eigenvalue weighted by Gasteiger charge is -2.17. The smallest absolute Gasteiger partial charge is 0.231 e. The van der Waals surface area contributed by atoms with Crippen LogP contribution < -0.4 is 15.0 Å². The number of ether oxygens (including phenoxy) is 1. The van der Waals surface area contributed by atoms with E-state index in [1.165, 1.54) is 11.3 Å². The van der Waals surface area contributed by atoms with Gasteiger partial charge in [-0.3, -0.25) is 9.59 Å². The molecule has 1 fully saturated rings. The van der Waals surface area contributed by atoms with Crippen molar-refractivity contribution in [3.05, 3.63) is 29.3 Å². The van der Waals surface area contributed by atoms with Gasteiger partial charge in [0.2, 0.25) is 16.9 Å². The van der Waals surface area contributed by atoms with Gasteiger partial charge in [0.05, 0.1) is 12.5 Å². The van der Waals surface area contributed by atoms with Gasteiger partial charge in [0.25, 0.3) is 0 Å². The molecule has 1 saturated heterocycles. The highest BCUT2D eigenvalue weighted by atomic mass is 32.1. The monoisotopic (exact) mass is 402 g/mol. The van der Waals surface area contributed by atoms with Crippen LogP contribution in [0.2, 0.25) is 0 Å². The number of aromatic nitrogens is 2. The summed E-state index contributed by atoms with van der Waals surface area (Å²) in [4.78, 5) is 26.7. The van der Waals surface area contributed by atoms with Crippen LogP contribution >= 0.6 is 11.3 Å². The standard InChI is InChI=1S/C20H26N4O3S/c1-5-20(3,4)18-22-23-19(28-18)21-17(26)13-11-16(25)24(12-13)14-7-9-15(10-8-14)27-6-2/h7-10,13H,5-6,11-12H2,1-4H3,(H,21,23,26)/t13-/m0/s1. The summed E-state index contributed by atoms with van der Waals surface area (Å²) in [5.74, 6) is 0.0908. The normalized spacial score (nSPS) is 17.1. The summed E-state index contributed by atoms with van der Waals surface area (Å²) in [7, 11) is 0. The molecular weight excluding hydrogens is 376 g/mol. The lowest BCUT2D eigenvalue weighted by molar-refractivity contribution is -0.122. The van der Waals surface area contributed by atoms with Gasteiger partial charge in [0, 0.05) is 24.1 Å². The first-order valence-corrected chi connectivity index (χ1v) is 10.3. The summed E-state index contributed by atoms with van der Waals surface area (Å²) >= 11 is 1.39. The first-order valence-electron chi connectivity index (χ1n) is 9.52. The van der Waals surface area contributed by atoms with Gasteiger partial charge < -0.3 is 15.0 Å². The van der Waals surface area contributed by atoms with Gasteiger partial charge in [-0.15, -0.1) is 10.2 Å². The van der Waals surface area contributed by atoms with Gasteiger partial charge >= 0.3 is 0 Å². The maximum Gasteiger partial charge on any atom is 0.231 e. The van der Waals surface area contributed by atoms with Crippen molar-refractivity contribution in [3.63, 3.8) is 0 Å². The van der Waals surface area contributed by atoms with E-state index in [2.05, 4.69) is 36.3 Å². The first-order chi connectivity index (χ1) is 13.3. The van der Waals surface area contributed by atoms with Crippen LogP contribution in [-0.4, -0.2) is 35.2 Å². The largest absolute Gasteiger partial charge is 0.494 e. The Kier molecular flexibility index (Phi) is 5.98. The molecule has 2 amide bonds. The van der Waals surface area contributed by atoms with E-state index in [1.54, 1.807) is 4.90 Å². The quantitative estimate of drug-likeness (QED) is 0.765. The summed E-state index contributed by atoms with van der Waals surface area (Å²) in [5, 5.41) is 12.5. The summed E-state index contributed by atoms with van der Waals surface area (Å²) in [5.41, 5.74) is 0.695. The molecule has 1 aromatic heterocycles. The Morgan fingerprint density at radius 1 is 1.29 bits per heavy atom. The van der Waals surface area contributed by atoms with E-state index in [-0.39, 0.29) is 23.7 Å². The van der Waals surface area contributed by atoms with Crippen molar-refractivity contribution >= 4 is 34.0 Å². The Morgan fingerprint density at radius 2 is 2.00 bits per heavy atom. The van der Waals surface area contributed by atoms with E-state index < -0.39 is 5.92 Å². The molecule has 1 aliphatic heterocycles. The van der Waals surface area contributed by atoms with Gasteiger partial charge in [-0.1, -0.05) is 32.1 Å². The van der Waals surface area contributed by atoms with Crippen molar-refractivity contribution in [1.82, 2.24) is 10.2 Å². The highest BCUT2D eigenvalue weighted by Crippen LogP contribution is 2.32. The fourth-order valence-electron chi connectivity index (χ4n) is 2.93. The third-order valence-electron chi connectivity index (χ3n) is 5.07. The van der Waals surface area contributed by atoms with Gasteiger partial charge in [-0.2, -0.15) is 0 Å². The van der Waals surface area contributed by atoms with Crippen molar-refractivity contribution in [2.24, 2.45) is 5.92 Å². The first kappa shape index (κ1) is 20.3. The van der Waals surface area contributed by atoms with Crippen molar-refractivity contribution in [1.29, 1.82) is 0 Å². The number of nitrogens with one attached hydrogen (secondary N) is 1. The molecule has 3 rings (SSSR count). The van der Waals surface area contributed by atoms with Gasteiger partial charge in [-0.25, -0.2) is 0 Å². The SMILES string of the molecule is CCOc1ccc(N2C[C@@H](C(=O)Nc3nnc(C(C)(C)CC)s3)CC2=O)cc1. The molecular formula is C20H26N4O3S. The molecule has 0 radical (unpaired) electrons. The van der Waals surface area contributed by atoms with Crippen LogP contribution in [0.15, 0.2) is 24.3 Å². The van der Waals surface area contributed by atoms with Crippen LogP contribution in [0.4, 0.5) is 10.8 Å². The maximum absolute atomic E-state index is 12.6. The number of carbonyl (C=O) groups excluding carboxylic acids is 2. The van der Waals surface area contributed by atoms with Crippen LogP contribution in [0, 0.1) is 5.92 Å². The third kappa shape index (κ3) is 4.32. The Hall–Kier alpha value is -2.48. The second-order valence-corrected chi connectivity index (χ2v) is 8.45. The van der Waals surface area contributed by atoms with Crippen molar-refractivity contribution in [2.45, 2.75) is 46.0 Å². The molecule has 28 heavy (non-hydrogen) atoms. The molecule has 1 aromatic carbocycles. The number of carbonyl (C=O) groups is 2. The van der Waals surface area contributed by atoms with Gasteiger partial charge in [0.1, 0.15) is 10.8 Å². The second kappa shape index (κ2) is 8.26. The average molecular weight is 403 g/mol. The van der Waals surface area contributed by atoms with E-state index in [9.17, 15) is 9.59 Å². The summed E-state index contributed by atoms with van der Waals surface area (Å²) in [6.45, 7) is 9.16. The van der Waals surface area contributed by atoms with E-state index in [4.69, 9.17) is 4.74 Å². The fourth-order valence-corrected chi connectivity index (χ4v) is 3.85. The highest BCUT2D eigenvalue weighted by Gasteiger charge is 2.35. The molecule has 2 heterocycles. The van der Waals surface area contributed by atoms with Crippen molar-refractivity contribution in [3.8, 4) is 5.75 Å². The molecule has 150 valence electrons. The molecule has 1 N–H and O–H groups in total. The minimum Gasteiger partial charge on any atom is -0.494 e. The Balaban J connectivity index is 1.64. The van der Waals surface area contributed by atoms with Gasteiger partial charge in [0.15, 0.2) is 0 Å². The average Bonchev–Trinajstić information content (AvgIpc) is 3.30. The second-order valence-electron chi connectivity index (χ2n) is 7.47. The van der Waals surface area contributed by atoms with Crippen LogP contribution in [0.25, 0.3) is 0 Å².